The normalized spacial score (nSPS) is 25.5. The van der Waals surface area contributed by atoms with Crippen molar-refractivity contribution >= 4 is 21.7 Å². The number of fused-ring (bicyclic) bond motifs is 3. The summed E-state index contributed by atoms with van der Waals surface area (Å²) < 4.78 is 29.0. The Hall–Kier alpha value is -2.09. The van der Waals surface area contributed by atoms with E-state index in [1.54, 1.807) is 24.3 Å². The van der Waals surface area contributed by atoms with Crippen LogP contribution >= 0.6 is 0 Å². The first-order chi connectivity index (χ1) is 11.3. The fourth-order valence-corrected chi connectivity index (χ4v) is 4.17. The van der Waals surface area contributed by atoms with Gasteiger partial charge in [-0.1, -0.05) is 25.1 Å². The molecule has 1 N–H and O–H groups in total. The van der Waals surface area contributed by atoms with E-state index in [1.165, 1.54) is 11.8 Å². The second-order valence-electron chi connectivity index (χ2n) is 6.29. The van der Waals surface area contributed by atoms with Gasteiger partial charge in [0, 0.05) is 30.3 Å². The number of carbonyl (C=O) groups is 2. The van der Waals surface area contributed by atoms with Crippen LogP contribution in [0.3, 0.4) is 0 Å². The predicted molar refractivity (Wildman–Crippen MR) is 85.7 cm³/mol. The molecule has 2 atom stereocenters. The number of carboxylic acids is 1. The Morgan fingerprint density at radius 3 is 2.75 bits per heavy atom. The van der Waals surface area contributed by atoms with Crippen molar-refractivity contribution in [3.8, 4) is 5.75 Å². The zero-order chi connectivity index (χ0) is 17.5. The molecule has 0 radical (unpaired) electrons. The Labute approximate surface area is 140 Å². The lowest BCUT2D eigenvalue weighted by molar-refractivity contribution is -0.152. The van der Waals surface area contributed by atoms with Gasteiger partial charge in [0.15, 0.2) is 9.84 Å². The van der Waals surface area contributed by atoms with Crippen LogP contribution in [0.15, 0.2) is 24.3 Å². The van der Waals surface area contributed by atoms with Gasteiger partial charge in [-0.25, -0.2) is 8.42 Å². The number of nitrogens with zero attached hydrogens (tertiary/aromatic N) is 1. The van der Waals surface area contributed by atoms with Gasteiger partial charge in [0.25, 0.3) is 0 Å². The fraction of sp³-hybridized carbons (Fsp3) is 0.500. The number of para-hydroxylation sites is 1. The Kier molecular flexibility index (Phi) is 4.03. The molecule has 1 aromatic rings. The predicted octanol–water partition coefficient (Wildman–Crippen LogP) is 0.510. The fourth-order valence-electron chi connectivity index (χ4n) is 3.41. The number of likely N-dealkylation sites (tertiary alicyclic amines) is 1. The molecule has 0 unspecified atom stereocenters. The number of carbonyl (C=O) groups excluding carboxylic acids is 1. The molecule has 2 aliphatic rings. The third-order valence-electron chi connectivity index (χ3n) is 4.88. The van der Waals surface area contributed by atoms with E-state index in [0.29, 0.717) is 5.75 Å². The molecule has 1 amide bonds. The maximum absolute atomic E-state index is 12.4. The molecule has 3 rings (SSSR count). The first-order valence-corrected chi connectivity index (χ1v) is 9.54. The lowest BCUT2D eigenvalue weighted by Crippen LogP contribution is -2.46. The van der Waals surface area contributed by atoms with E-state index in [9.17, 15) is 23.1 Å². The summed E-state index contributed by atoms with van der Waals surface area (Å²) in [6, 6.07) is 7.17. The van der Waals surface area contributed by atoms with Crippen LogP contribution < -0.4 is 4.74 Å². The number of aliphatic carboxylic acids is 1. The Morgan fingerprint density at radius 1 is 1.38 bits per heavy atom. The van der Waals surface area contributed by atoms with Gasteiger partial charge in [0.05, 0.1) is 0 Å². The van der Waals surface area contributed by atoms with Crippen LogP contribution in [-0.4, -0.2) is 61.5 Å². The zero-order valence-corrected chi connectivity index (χ0v) is 14.1. The molecule has 1 saturated heterocycles. The van der Waals surface area contributed by atoms with Crippen molar-refractivity contribution in [3.05, 3.63) is 29.8 Å². The molecule has 2 aliphatic heterocycles. The van der Waals surface area contributed by atoms with Crippen molar-refractivity contribution in [2.24, 2.45) is 5.41 Å². The van der Waals surface area contributed by atoms with E-state index in [4.69, 9.17) is 4.74 Å². The summed E-state index contributed by atoms with van der Waals surface area (Å²) >= 11 is 0. The number of hydrogen-bond donors (Lipinski definition) is 1. The third kappa shape index (κ3) is 2.64. The number of rotatable bonds is 4. The highest BCUT2D eigenvalue weighted by Gasteiger charge is 2.57. The van der Waals surface area contributed by atoms with Gasteiger partial charge in [0.2, 0.25) is 5.91 Å². The summed E-state index contributed by atoms with van der Waals surface area (Å²) in [6.07, 6.45) is 0. The highest BCUT2D eigenvalue weighted by atomic mass is 32.2. The smallest absolute Gasteiger partial charge is 0.315 e. The van der Waals surface area contributed by atoms with Gasteiger partial charge in [-0.2, -0.15) is 0 Å². The van der Waals surface area contributed by atoms with Crippen LogP contribution in [-0.2, 0) is 19.4 Å². The molecule has 0 bridgehead atoms. The van der Waals surface area contributed by atoms with Crippen molar-refractivity contribution < 1.29 is 27.9 Å². The Morgan fingerprint density at radius 2 is 2.08 bits per heavy atom. The maximum atomic E-state index is 12.4. The van der Waals surface area contributed by atoms with E-state index in [2.05, 4.69) is 0 Å². The molecule has 1 fully saturated rings. The third-order valence-corrected chi connectivity index (χ3v) is 6.45. The van der Waals surface area contributed by atoms with Crippen LogP contribution in [0.4, 0.5) is 0 Å². The summed E-state index contributed by atoms with van der Waals surface area (Å²) in [7, 11) is -3.46. The molecule has 2 heterocycles. The summed E-state index contributed by atoms with van der Waals surface area (Å²) in [4.78, 5) is 25.6. The van der Waals surface area contributed by atoms with Crippen molar-refractivity contribution in [2.75, 3.05) is 31.2 Å². The minimum Gasteiger partial charge on any atom is -0.492 e. The molecule has 130 valence electrons. The van der Waals surface area contributed by atoms with Crippen molar-refractivity contribution in [2.45, 2.75) is 12.8 Å². The molecule has 8 heteroatoms. The number of hydrogen-bond acceptors (Lipinski definition) is 5. The number of amides is 1. The largest absolute Gasteiger partial charge is 0.492 e. The van der Waals surface area contributed by atoms with Gasteiger partial charge < -0.3 is 14.7 Å². The minimum atomic E-state index is -3.46. The van der Waals surface area contributed by atoms with Crippen LogP contribution in [0.2, 0.25) is 0 Å². The first kappa shape index (κ1) is 16.8. The number of sulfone groups is 1. The highest BCUT2D eigenvalue weighted by molar-refractivity contribution is 7.92. The van der Waals surface area contributed by atoms with E-state index in [0.717, 1.165) is 5.56 Å². The van der Waals surface area contributed by atoms with E-state index >= 15 is 0 Å². The highest BCUT2D eigenvalue weighted by Crippen LogP contribution is 2.49. The van der Waals surface area contributed by atoms with E-state index < -0.39 is 38.8 Å². The molecule has 7 nitrogen and oxygen atoms in total. The van der Waals surface area contributed by atoms with Gasteiger partial charge in [-0.05, 0) is 6.07 Å². The van der Waals surface area contributed by atoms with Crippen molar-refractivity contribution in [1.29, 1.82) is 0 Å². The SMILES string of the molecule is CCS(=O)(=O)CC(=O)N1C[C@@H]2c3ccccc3OC[C@]2(C(=O)O)C1. The average molecular weight is 353 g/mol. The Balaban J connectivity index is 1.92. The maximum Gasteiger partial charge on any atom is 0.315 e. The molecular formula is C16H19NO6S. The molecular weight excluding hydrogens is 334 g/mol. The summed E-state index contributed by atoms with van der Waals surface area (Å²) in [5.41, 5.74) is -0.486. The monoisotopic (exact) mass is 353 g/mol. The van der Waals surface area contributed by atoms with Crippen molar-refractivity contribution in [3.63, 3.8) is 0 Å². The van der Waals surface area contributed by atoms with Crippen LogP contribution in [0.1, 0.15) is 18.4 Å². The summed E-state index contributed by atoms with van der Waals surface area (Å²) in [5, 5.41) is 9.77. The lowest BCUT2D eigenvalue weighted by Gasteiger charge is -2.35. The topological polar surface area (TPSA) is 101 Å². The molecule has 0 aromatic heterocycles. The number of carboxylic acid groups (broad SMARTS) is 1. The summed E-state index contributed by atoms with van der Waals surface area (Å²) in [6.45, 7) is 1.59. The standard InChI is InChI=1S/C16H19NO6S/c1-2-24(21,22)8-14(18)17-7-12-11-5-3-4-6-13(11)23-10-16(12,9-17)15(19)20/h3-6,12H,2,7-10H2,1H3,(H,19,20)/t12-,16-/m1/s1. The lowest BCUT2D eigenvalue weighted by atomic mass is 9.73. The van der Waals surface area contributed by atoms with Crippen LogP contribution in [0.5, 0.6) is 5.75 Å². The molecule has 24 heavy (non-hydrogen) atoms. The Bertz CT molecular complexity index is 790. The minimum absolute atomic E-state index is 0.0334. The van der Waals surface area contributed by atoms with E-state index in [-0.39, 0.29) is 25.4 Å². The van der Waals surface area contributed by atoms with E-state index in [1.807, 2.05) is 0 Å². The van der Waals surface area contributed by atoms with Crippen LogP contribution in [0, 0.1) is 5.41 Å². The van der Waals surface area contributed by atoms with Crippen LogP contribution in [0.25, 0.3) is 0 Å². The van der Waals surface area contributed by atoms with Gasteiger partial charge in [0.1, 0.15) is 23.5 Å². The quantitative estimate of drug-likeness (QED) is 0.846. The second-order valence-corrected chi connectivity index (χ2v) is 8.64. The van der Waals surface area contributed by atoms with Gasteiger partial charge in [-0.3, -0.25) is 9.59 Å². The summed E-state index contributed by atoms with van der Waals surface area (Å²) in [5.74, 6) is -2.08. The molecule has 0 spiro atoms. The number of benzene rings is 1. The van der Waals surface area contributed by atoms with Gasteiger partial charge >= 0.3 is 5.97 Å². The average Bonchev–Trinajstić information content (AvgIpc) is 2.96. The first-order valence-electron chi connectivity index (χ1n) is 7.72. The number of ether oxygens (including phenoxy) is 1. The van der Waals surface area contributed by atoms with Crippen molar-refractivity contribution in [1.82, 2.24) is 4.90 Å². The molecule has 0 aliphatic carbocycles. The molecule has 0 saturated carbocycles. The second kappa shape index (κ2) is 5.77. The molecule has 1 aromatic carbocycles. The zero-order valence-electron chi connectivity index (χ0n) is 13.3. The van der Waals surface area contributed by atoms with Gasteiger partial charge in [-0.15, -0.1) is 0 Å².